The lowest BCUT2D eigenvalue weighted by Crippen LogP contribution is -2.37. The molecule has 3 rings (SSSR count). The number of carbonyl (C=O) groups excluding carboxylic acids is 1. The topological polar surface area (TPSA) is 50.4 Å². The molecule has 3 aromatic carbocycles. The number of benzene rings is 3. The second-order valence-corrected chi connectivity index (χ2v) is 6.42. The number of urea groups is 1. The van der Waals surface area contributed by atoms with Crippen LogP contribution in [0.4, 0.5) is 4.79 Å². The van der Waals surface area contributed by atoms with E-state index in [1.54, 1.807) is 0 Å². The third kappa shape index (κ3) is 4.76. The maximum absolute atomic E-state index is 12.0. The first-order chi connectivity index (χ1) is 12.6. The maximum atomic E-state index is 12.0. The van der Waals surface area contributed by atoms with Crippen LogP contribution in [0, 0.1) is 13.8 Å². The van der Waals surface area contributed by atoms with Gasteiger partial charge in [-0.25, -0.2) is 4.79 Å². The fourth-order valence-corrected chi connectivity index (χ4v) is 3.03. The highest BCUT2D eigenvalue weighted by atomic mass is 16.5. The van der Waals surface area contributed by atoms with E-state index in [9.17, 15) is 4.79 Å². The van der Waals surface area contributed by atoms with Gasteiger partial charge in [0.1, 0.15) is 12.4 Å². The molecular weight excluding hydrogens is 324 g/mol. The summed E-state index contributed by atoms with van der Waals surface area (Å²) < 4.78 is 5.70. The number of carbonyl (C=O) groups is 1. The number of amides is 2. The smallest absolute Gasteiger partial charge is 0.315 e. The van der Waals surface area contributed by atoms with Gasteiger partial charge >= 0.3 is 6.03 Å². The van der Waals surface area contributed by atoms with Crippen molar-refractivity contribution in [2.24, 2.45) is 0 Å². The van der Waals surface area contributed by atoms with Crippen LogP contribution < -0.4 is 15.4 Å². The van der Waals surface area contributed by atoms with Crippen molar-refractivity contribution in [3.05, 3.63) is 77.4 Å². The van der Waals surface area contributed by atoms with E-state index < -0.39 is 0 Å². The van der Waals surface area contributed by atoms with Crippen LogP contribution in [-0.2, 0) is 6.54 Å². The van der Waals surface area contributed by atoms with Crippen LogP contribution in [0.5, 0.6) is 5.75 Å². The van der Waals surface area contributed by atoms with Gasteiger partial charge < -0.3 is 15.4 Å². The van der Waals surface area contributed by atoms with E-state index >= 15 is 0 Å². The largest absolute Gasteiger partial charge is 0.492 e. The summed E-state index contributed by atoms with van der Waals surface area (Å²) in [6.07, 6.45) is 0. The summed E-state index contributed by atoms with van der Waals surface area (Å²) in [4.78, 5) is 12.0. The van der Waals surface area contributed by atoms with E-state index in [1.165, 1.54) is 16.5 Å². The second-order valence-electron chi connectivity index (χ2n) is 6.42. The van der Waals surface area contributed by atoms with Gasteiger partial charge in [-0.2, -0.15) is 0 Å². The monoisotopic (exact) mass is 348 g/mol. The predicted octanol–water partition coefficient (Wildman–Crippen LogP) is 4.33. The molecule has 0 aliphatic heterocycles. The SMILES string of the molecule is Cc1cc(C)cc(OCCNC(=O)NCc2cccc3ccccc23)c1. The van der Waals surface area contributed by atoms with Gasteiger partial charge in [-0.1, -0.05) is 48.5 Å². The number of hydrogen-bond donors (Lipinski definition) is 2. The molecule has 0 unspecified atom stereocenters. The van der Waals surface area contributed by atoms with Gasteiger partial charge in [-0.3, -0.25) is 0 Å². The third-order valence-electron chi connectivity index (χ3n) is 4.17. The molecule has 0 saturated heterocycles. The molecule has 0 bridgehead atoms. The Hall–Kier alpha value is -3.01. The van der Waals surface area contributed by atoms with Gasteiger partial charge in [0.15, 0.2) is 0 Å². The quantitative estimate of drug-likeness (QED) is 0.651. The Morgan fingerprint density at radius 2 is 1.65 bits per heavy atom. The van der Waals surface area contributed by atoms with E-state index in [0.717, 1.165) is 16.7 Å². The Morgan fingerprint density at radius 1 is 0.923 bits per heavy atom. The summed E-state index contributed by atoms with van der Waals surface area (Å²) in [6, 6.07) is 20.2. The number of fused-ring (bicyclic) bond motifs is 1. The highest BCUT2D eigenvalue weighted by Crippen LogP contribution is 2.18. The minimum Gasteiger partial charge on any atom is -0.492 e. The Kier molecular flexibility index (Phi) is 5.74. The average Bonchev–Trinajstić information content (AvgIpc) is 2.63. The van der Waals surface area contributed by atoms with Crippen molar-refractivity contribution >= 4 is 16.8 Å². The number of nitrogens with one attached hydrogen (secondary N) is 2. The molecule has 0 fully saturated rings. The van der Waals surface area contributed by atoms with Crippen molar-refractivity contribution in [1.29, 1.82) is 0 Å². The fourth-order valence-electron chi connectivity index (χ4n) is 3.03. The summed E-state index contributed by atoms with van der Waals surface area (Å²) in [6.45, 7) is 5.46. The molecule has 0 aliphatic carbocycles. The van der Waals surface area contributed by atoms with Gasteiger partial charge in [0.2, 0.25) is 0 Å². The fraction of sp³-hybridized carbons (Fsp3) is 0.227. The lowest BCUT2D eigenvalue weighted by atomic mass is 10.0. The molecule has 4 heteroatoms. The van der Waals surface area contributed by atoms with Crippen molar-refractivity contribution in [2.75, 3.05) is 13.2 Å². The van der Waals surface area contributed by atoms with E-state index in [-0.39, 0.29) is 6.03 Å². The lowest BCUT2D eigenvalue weighted by Gasteiger charge is -2.11. The highest BCUT2D eigenvalue weighted by molar-refractivity contribution is 5.86. The van der Waals surface area contributed by atoms with Gasteiger partial charge in [-0.15, -0.1) is 0 Å². The zero-order chi connectivity index (χ0) is 18.4. The van der Waals surface area contributed by atoms with Crippen LogP contribution in [0.25, 0.3) is 10.8 Å². The van der Waals surface area contributed by atoms with Crippen LogP contribution in [0.3, 0.4) is 0 Å². The second kappa shape index (κ2) is 8.39. The zero-order valence-corrected chi connectivity index (χ0v) is 15.2. The molecule has 0 aromatic heterocycles. The number of rotatable bonds is 6. The summed E-state index contributed by atoms with van der Waals surface area (Å²) in [5, 5.41) is 8.06. The van der Waals surface area contributed by atoms with Gasteiger partial charge in [0, 0.05) is 6.54 Å². The summed E-state index contributed by atoms with van der Waals surface area (Å²) in [5.41, 5.74) is 3.44. The minimum absolute atomic E-state index is 0.193. The standard InChI is InChI=1S/C22H24N2O2/c1-16-12-17(2)14-20(13-16)26-11-10-23-22(25)24-15-19-8-5-7-18-6-3-4-9-21(18)19/h3-9,12-14H,10-11,15H2,1-2H3,(H2,23,24,25). The predicted molar refractivity (Wildman–Crippen MR) is 106 cm³/mol. The van der Waals surface area contributed by atoms with E-state index in [1.807, 2.05) is 50.2 Å². The van der Waals surface area contributed by atoms with E-state index in [0.29, 0.717) is 19.7 Å². The zero-order valence-electron chi connectivity index (χ0n) is 15.2. The summed E-state index contributed by atoms with van der Waals surface area (Å²) >= 11 is 0. The molecule has 2 N–H and O–H groups in total. The maximum Gasteiger partial charge on any atom is 0.315 e. The van der Waals surface area contributed by atoms with Crippen molar-refractivity contribution in [2.45, 2.75) is 20.4 Å². The van der Waals surface area contributed by atoms with Crippen molar-refractivity contribution in [3.8, 4) is 5.75 Å². The van der Waals surface area contributed by atoms with Crippen LogP contribution in [0.1, 0.15) is 16.7 Å². The van der Waals surface area contributed by atoms with Gasteiger partial charge in [0.05, 0.1) is 6.54 Å². The van der Waals surface area contributed by atoms with Crippen LogP contribution in [0.2, 0.25) is 0 Å². The number of ether oxygens (including phenoxy) is 1. The Balaban J connectivity index is 1.44. The summed E-state index contributed by atoms with van der Waals surface area (Å²) in [5.74, 6) is 0.834. The van der Waals surface area contributed by atoms with Crippen LogP contribution >= 0.6 is 0 Å². The molecule has 0 spiro atoms. The molecule has 0 saturated carbocycles. The number of hydrogen-bond acceptors (Lipinski definition) is 2. The minimum atomic E-state index is -0.193. The Labute approximate surface area is 154 Å². The third-order valence-corrected chi connectivity index (χ3v) is 4.17. The summed E-state index contributed by atoms with van der Waals surface area (Å²) in [7, 11) is 0. The first kappa shape index (κ1) is 17.8. The first-order valence-electron chi connectivity index (χ1n) is 8.81. The molecular formula is C22H24N2O2. The molecule has 0 radical (unpaired) electrons. The molecule has 3 aromatic rings. The van der Waals surface area contributed by atoms with Crippen molar-refractivity contribution in [1.82, 2.24) is 10.6 Å². The molecule has 0 aliphatic rings. The molecule has 4 nitrogen and oxygen atoms in total. The molecule has 26 heavy (non-hydrogen) atoms. The molecule has 134 valence electrons. The van der Waals surface area contributed by atoms with Crippen LogP contribution in [-0.4, -0.2) is 19.2 Å². The van der Waals surface area contributed by atoms with Crippen LogP contribution in [0.15, 0.2) is 60.7 Å². The lowest BCUT2D eigenvalue weighted by molar-refractivity contribution is 0.236. The van der Waals surface area contributed by atoms with Gasteiger partial charge in [-0.05, 0) is 53.4 Å². The van der Waals surface area contributed by atoms with Gasteiger partial charge in [0.25, 0.3) is 0 Å². The molecule has 0 atom stereocenters. The normalized spacial score (nSPS) is 10.5. The van der Waals surface area contributed by atoms with Crippen molar-refractivity contribution in [3.63, 3.8) is 0 Å². The van der Waals surface area contributed by atoms with E-state index in [2.05, 4.69) is 34.9 Å². The molecule has 0 heterocycles. The van der Waals surface area contributed by atoms with E-state index in [4.69, 9.17) is 4.74 Å². The van der Waals surface area contributed by atoms with Crippen molar-refractivity contribution < 1.29 is 9.53 Å². The molecule has 2 amide bonds. The number of aryl methyl sites for hydroxylation is 2. The Morgan fingerprint density at radius 3 is 2.46 bits per heavy atom. The Bertz CT molecular complexity index is 880. The average molecular weight is 348 g/mol. The highest BCUT2D eigenvalue weighted by Gasteiger charge is 2.04. The first-order valence-corrected chi connectivity index (χ1v) is 8.81.